The van der Waals surface area contributed by atoms with Gasteiger partial charge < -0.3 is 0 Å². The molecular formula is C16H17N3O4S. The van der Waals surface area contributed by atoms with Crippen molar-refractivity contribution in [2.75, 3.05) is 6.54 Å². The number of nitrogens with one attached hydrogen (secondary N) is 2. The van der Waals surface area contributed by atoms with Crippen LogP contribution in [0.25, 0.3) is 6.08 Å². The van der Waals surface area contributed by atoms with Crippen LogP contribution in [0.2, 0.25) is 0 Å². The first-order valence-corrected chi connectivity index (χ1v) is 8.61. The van der Waals surface area contributed by atoms with Crippen LogP contribution in [0.15, 0.2) is 59.6 Å². The molecule has 0 saturated heterocycles. The zero-order valence-corrected chi connectivity index (χ0v) is 13.5. The van der Waals surface area contributed by atoms with Gasteiger partial charge in [0.1, 0.15) is 0 Å². The fraction of sp³-hybridized carbons (Fsp3) is 0.125. The number of nitrogens with zero attached hydrogens (tertiary/aromatic N) is 1. The summed E-state index contributed by atoms with van der Waals surface area (Å²) in [4.78, 5) is 15.2. The molecule has 7 nitrogen and oxygen atoms in total. The molecule has 1 aromatic heterocycles. The maximum atomic E-state index is 12.3. The standard InChI is InChI=1S/C16H17N3O4S/c20-16(19-21)8-7-13-4-3-6-15(12-13)24(22,23)18-11-9-14-5-1-2-10-17-14/h1-8,10,12,18,21H,9,11H2,(H,19,20). The number of amides is 1. The second kappa shape index (κ2) is 8.34. The fourth-order valence-electron chi connectivity index (χ4n) is 1.94. The van der Waals surface area contributed by atoms with Crippen molar-refractivity contribution in [3.05, 3.63) is 66.0 Å². The van der Waals surface area contributed by atoms with E-state index >= 15 is 0 Å². The summed E-state index contributed by atoms with van der Waals surface area (Å²) < 4.78 is 27.1. The van der Waals surface area contributed by atoms with Crippen molar-refractivity contribution >= 4 is 22.0 Å². The van der Waals surface area contributed by atoms with Crippen molar-refractivity contribution in [2.45, 2.75) is 11.3 Å². The van der Waals surface area contributed by atoms with Crippen molar-refractivity contribution in [2.24, 2.45) is 0 Å². The zero-order valence-electron chi connectivity index (χ0n) is 12.7. The van der Waals surface area contributed by atoms with E-state index in [0.717, 1.165) is 11.8 Å². The van der Waals surface area contributed by atoms with Crippen LogP contribution in [0.1, 0.15) is 11.3 Å². The SMILES string of the molecule is O=C(C=Cc1cccc(S(=O)(=O)NCCc2ccccn2)c1)NO. The quantitative estimate of drug-likeness (QED) is 0.395. The number of hydrogen-bond acceptors (Lipinski definition) is 5. The number of hydroxylamine groups is 1. The molecule has 0 radical (unpaired) electrons. The Balaban J connectivity index is 2.03. The molecule has 0 fully saturated rings. The van der Waals surface area contributed by atoms with Gasteiger partial charge in [0.25, 0.3) is 5.91 Å². The van der Waals surface area contributed by atoms with Crippen LogP contribution < -0.4 is 10.2 Å². The van der Waals surface area contributed by atoms with E-state index in [1.54, 1.807) is 24.4 Å². The third kappa shape index (κ3) is 5.27. The molecule has 0 saturated carbocycles. The number of hydrogen-bond donors (Lipinski definition) is 3. The van der Waals surface area contributed by atoms with Gasteiger partial charge in [0.2, 0.25) is 10.0 Å². The van der Waals surface area contributed by atoms with E-state index in [-0.39, 0.29) is 11.4 Å². The number of carbonyl (C=O) groups excluding carboxylic acids is 1. The molecule has 8 heteroatoms. The Kier molecular flexibility index (Phi) is 6.19. The van der Waals surface area contributed by atoms with Gasteiger partial charge in [-0.1, -0.05) is 18.2 Å². The van der Waals surface area contributed by atoms with Crippen molar-refractivity contribution in [3.8, 4) is 0 Å². The lowest BCUT2D eigenvalue weighted by molar-refractivity contribution is -0.124. The predicted molar refractivity (Wildman–Crippen MR) is 88.5 cm³/mol. The first kappa shape index (κ1) is 17.8. The Bertz CT molecular complexity index is 820. The third-order valence-electron chi connectivity index (χ3n) is 3.11. The molecule has 2 rings (SSSR count). The summed E-state index contributed by atoms with van der Waals surface area (Å²) >= 11 is 0. The molecule has 0 unspecified atom stereocenters. The summed E-state index contributed by atoms with van der Waals surface area (Å²) in [5, 5.41) is 8.43. The number of carbonyl (C=O) groups is 1. The van der Waals surface area contributed by atoms with Crippen LogP contribution in [-0.4, -0.2) is 31.1 Å². The van der Waals surface area contributed by atoms with Crippen LogP contribution in [0.3, 0.4) is 0 Å². The van der Waals surface area contributed by atoms with Gasteiger partial charge in [-0.25, -0.2) is 18.6 Å². The highest BCUT2D eigenvalue weighted by Crippen LogP contribution is 2.12. The molecule has 3 N–H and O–H groups in total. The number of sulfonamides is 1. The lowest BCUT2D eigenvalue weighted by Crippen LogP contribution is -2.26. The molecule has 126 valence electrons. The monoisotopic (exact) mass is 347 g/mol. The summed E-state index contributed by atoms with van der Waals surface area (Å²) in [7, 11) is -3.66. The molecule has 0 aliphatic rings. The van der Waals surface area contributed by atoms with Crippen molar-refractivity contribution < 1.29 is 18.4 Å². The van der Waals surface area contributed by atoms with Gasteiger partial charge in [-0.3, -0.25) is 15.0 Å². The van der Waals surface area contributed by atoms with Gasteiger partial charge in [0.15, 0.2) is 0 Å². The summed E-state index contributed by atoms with van der Waals surface area (Å²) in [6.07, 6.45) is 4.64. The summed E-state index contributed by atoms with van der Waals surface area (Å²) in [6.45, 7) is 0.229. The number of rotatable bonds is 7. The number of pyridine rings is 1. The van der Waals surface area contributed by atoms with Crippen molar-refractivity contribution in [3.63, 3.8) is 0 Å². The smallest absolute Gasteiger partial charge is 0.267 e. The van der Waals surface area contributed by atoms with Gasteiger partial charge in [0, 0.05) is 30.9 Å². The van der Waals surface area contributed by atoms with Gasteiger partial charge in [-0.05, 0) is 35.9 Å². The average Bonchev–Trinajstić information content (AvgIpc) is 2.60. The van der Waals surface area contributed by atoms with E-state index in [0.29, 0.717) is 12.0 Å². The van der Waals surface area contributed by atoms with E-state index in [1.807, 2.05) is 12.1 Å². The first-order valence-electron chi connectivity index (χ1n) is 7.13. The van der Waals surface area contributed by atoms with Gasteiger partial charge in [-0.15, -0.1) is 0 Å². The Hall–Kier alpha value is -2.55. The lowest BCUT2D eigenvalue weighted by atomic mass is 10.2. The van der Waals surface area contributed by atoms with E-state index in [2.05, 4.69) is 9.71 Å². The fourth-order valence-corrected chi connectivity index (χ4v) is 3.02. The van der Waals surface area contributed by atoms with Crippen LogP contribution in [-0.2, 0) is 21.2 Å². The Morgan fingerprint density at radius 3 is 2.75 bits per heavy atom. The molecule has 0 aliphatic heterocycles. The van der Waals surface area contributed by atoms with Gasteiger partial charge >= 0.3 is 0 Å². The summed E-state index contributed by atoms with van der Waals surface area (Å²) in [5.74, 6) is -0.697. The molecule has 1 amide bonds. The predicted octanol–water partition coefficient (Wildman–Crippen LogP) is 1.12. The van der Waals surface area contributed by atoms with Gasteiger partial charge in [0.05, 0.1) is 4.90 Å². The minimum Gasteiger partial charge on any atom is -0.288 e. The highest BCUT2D eigenvalue weighted by Gasteiger charge is 2.13. The molecule has 2 aromatic rings. The van der Waals surface area contributed by atoms with Crippen molar-refractivity contribution in [1.29, 1.82) is 0 Å². The Morgan fingerprint density at radius 2 is 2.04 bits per heavy atom. The Morgan fingerprint density at radius 1 is 1.21 bits per heavy atom. The molecule has 0 spiro atoms. The van der Waals surface area contributed by atoms with Crippen LogP contribution in [0, 0.1) is 0 Å². The summed E-state index contributed by atoms with van der Waals surface area (Å²) in [5.41, 5.74) is 2.78. The highest BCUT2D eigenvalue weighted by atomic mass is 32.2. The van der Waals surface area contributed by atoms with E-state index in [9.17, 15) is 13.2 Å². The van der Waals surface area contributed by atoms with Crippen LogP contribution in [0.5, 0.6) is 0 Å². The molecule has 24 heavy (non-hydrogen) atoms. The number of aromatic nitrogens is 1. The molecule has 0 atom stereocenters. The van der Waals surface area contributed by atoms with Crippen LogP contribution in [0.4, 0.5) is 0 Å². The van der Waals surface area contributed by atoms with Crippen LogP contribution >= 0.6 is 0 Å². The molecular weight excluding hydrogens is 330 g/mol. The molecule has 0 aliphatic carbocycles. The minimum atomic E-state index is -3.66. The molecule has 1 heterocycles. The maximum absolute atomic E-state index is 12.3. The average molecular weight is 347 g/mol. The second-order valence-corrected chi connectivity index (χ2v) is 6.62. The second-order valence-electron chi connectivity index (χ2n) is 4.85. The first-order chi connectivity index (χ1) is 11.5. The zero-order chi connectivity index (χ0) is 17.4. The highest BCUT2D eigenvalue weighted by molar-refractivity contribution is 7.89. The largest absolute Gasteiger partial charge is 0.288 e. The maximum Gasteiger partial charge on any atom is 0.267 e. The number of benzene rings is 1. The van der Waals surface area contributed by atoms with Gasteiger partial charge in [-0.2, -0.15) is 0 Å². The van der Waals surface area contributed by atoms with E-state index in [4.69, 9.17) is 5.21 Å². The summed E-state index contributed by atoms with van der Waals surface area (Å²) in [6, 6.07) is 11.6. The van der Waals surface area contributed by atoms with Crippen molar-refractivity contribution in [1.82, 2.24) is 15.2 Å². The van der Waals surface area contributed by atoms with E-state index in [1.165, 1.54) is 23.7 Å². The normalized spacial score (nSPS) is 11.5. The topological polar surface area (TPSA) is 108 Å². The van der Waals surface area contributed by atoms with E-state index < -0.39 is 15.9 Å². The Labute approximate surface area is 140 Å². The minimum absolute atomic E-state index is 0.0927. The lowest BCUT2D eigenvalue weighted by Gasteiger charge is -2.07. The molecule has 0 bridgehead atoms. The third-order valence-corrected chi connectivity index (χ3v) is 4.56. The molecule has 1 aromatic carbocycles.